The number of hydrogen-bond acceptors (Lipinski definition) is 7. The lowest BCUT2D eigenvalue weighted by atomic mass is 10.0. The molecule has 1 atom stereocenters. The molecular weight excluding hydrogens is 546 g/mol. The molecular formula is C33H35N5O5. The maximum Gasteiger partial charge on any atom is 0.274 e. The van der Waals surface area contributed by atoms with Gasteiger partial charge in [0.05, 0.1) is 37.8 Å². The zero-order valence-electron chi connectivity index (χ0n) is 24.4. The van der Waals surface area contributed by atoms with Crippen molar-refractivity contribution >= 4 is 34.4 Å². The Hall–Kier alpha value is -5.12. The van der Waals surface area contributed by atoms with Crippen molar-refractivity contribution in [3.05, 3.63) is 90.3 Å². The number of para-hydroxylation sites is 1. The minimum absolute atomic E-state index is 0.0621. The van der Waals surface area contributed by atoms with Crippen molar-refractivity contribution < 1.29 is 23.9 Å². The SMILES string of the molecule is COc1cc2ccccc2nc1C(=O)N[C@@H](CC(C)C)C(=O)NCC(=O)CNC(=O)Cc1cccc(-c2ccccn2)c1. The quantitative estimate of drug-likeness (QED) is 0.220. The molecule has 0 spiro atoms. The van der Waals surface area contributed by atoms with Crippen molar-refractivity contribution in [3.63, 3.8) is 0 Å². The number of nitrogens with zero attached hydrogens (tertiary/aromatic N) is 2. The summed E-state index contributed by atoms with van der Waals surface area (Å²) in [5.41, 5.74) is 3.16. The van der Waals surface area contributed by atoms with Crippen molar-refractivity contribution in [2.24, 2.45) is 5.92 Å². The van der Waals surface area contributed by atoms with Crippen LogP contribution in [0.25, 0.3) is 22.2 Å². The molecule has 0 aliphatic carbocycles. The van der Waals surface area contributed by atoms with E-state index < -0.39 is 17.9 Å². The summed E-state index contributed by atoms with van der Waals surface area (Å²) in [5.74, 6) is -1.40. The third-order valence-corrected chi connectivity index (χ3v) is 6.65. The summed E-state index contributed by atoms with van der Waals surface area (Å²) >= 11 is 0. The van der Waals surface area contributed by atoms with Gasteiger partial charge in [0, 0.05) is 17.1 Å². The fraction of sp³-hybridized carbons (Fsp3) is 0.273. The normalized spacial score (nSPS) is 11.5. The molecule has 3 N–H and O–H groups in total. The molecule has 0 saturated heterocycles. The Morgan fingerprint density at radius 3 is 2.40 bits per heavy atom. The Kier molecular flexibility index (Phi) is 10.5. The van der Waals surface area contributed by atoms with E-state index >= 15 is 0 Å². The van der Waals surface area contributed by atoms with Crippen LogP contribution in [0.4, 0.5) is 0 Å². The summed E-state index contributed by atoms with van der Waals surface area (Å²) in [6, 6.07) is 21.3. The number of aromatic nitrogens is 2. The fourth-order valence-electron chi connectivity index (χ4n) is 4.53. The number of pyridine rings is 2. The van der Waals surface area contributed by atoms with Crippen LogP contribution in [0.3, 0.4) is 0 Å². The molecule has 222 valence electrons. The van der Waals surface area contributed by atoms with E-state index in [2.05, 4.69) is 25.9 Å². The molecule has 3 amide bonds. The van der Waals surface area contributed by atoms with Crippen molar-refractivity contribution in [1.29, 1.82) is 0 Å². The van der Waals surface area contributed by atoms with Crippen molar-refractivity contribution in [3.8, 4) is 17.0 Å². The molecule has 0 bridgehead atoms. The van der Waals surface area contributed by atoms with Crippen LogP contribution in [0.5, 0.6) is 5.75 Å². The highest BCUT2D eigenvalue weighted by atomic mass is 16.5. The van der Waals surface area contributed by atoms with Crippen LogP contribution in [0.1, 0.15) is 36.3 Å². The summed E-state index contributed by atoms with van der Waals surface area (Å²) < 4.78 is 5.38. The molecule has 0 saturated carbocycles. The highest BCUT2D eigenvalue weighted by molar-refractivity contribution is 6.00. The molecule has 0 radical (unpaired) electrons. The Morgan fingerprint density at radius 2 is 1.65 bits per heavy atom. The van der Waals surface area contributed by atoms with Gasteiger partial charge in [-0.2, -0.15) is 0 Å². The third kappa shape index (κ3) is 8.68. The molecule has 0 aliphatic rings. The van der Waals surface area contributed by atoms with Gasteiger partial charge in [-0.15, -0.1) is 0 Å². The molecule has 2 heterocycles. The standard InChI is InChI=1S/C33H35N5O5/c1-21(2)15-28(38-33(42)31-29(43-3)18-24-10-4-5-13-27(24)37-31)32(41)36-20-25(39)19-35-30(40)17-22-9-8-11-23(16-22)26-12-6-7-14-34-26/h4-14,16,18,21,28H,15,17,19-20H2,1-3H3,(H,35,40)(H,36,41)(H,38,42)/t28-/m0/s1. The van der Waals surface area contributed by atoms with Gasteiger partial charge in [-0.25, -0.2) is 4.98 Å². The Bertz CT molecular complexity index is 1610. The minimum Gasteiger partial charge on any atom is -0.494 e. The summed E-state index contributed by atoms with van der Waals surface area (Å²) in [4.78, 5) is 59.9. The average Bonchev–Trinajstić information content (AvgIpc) is 3.01. The van der Waals surface area contributed by atoms with Crippen molar-refractivity contribution in [1.82, 2.24) is 25.9 Å². The maximum absolute atomic E-state index is 13.2. The van der Waals surface area contributed by atoms with E-state index in [4.69, 9.17) is 4.74 Å². The van der Waals surface area contributed by atoms with E-state index in [1.807, 2.05) is 74.5 Å². The molecule has 4 rings (SSSR count). The highest BCUT2D eigenvalue weighted by Crippen LogP contribution is 2.23. The van der Waals surface area contributed by atoms with Gasteiger partial charge in [-0.05, 0) is 48.2 Å². The number of fused-ring (bicyclic) bond motifs is 1. The predicted octanol–water partition coefficient (Wildman–Crippen LogP) is 3.49. The number of ketones is 1. The van der Waals surface area contributed by atoms with Crippen LogP contribution in [-0.2, 0) is 20.8 Å². The number of ether oxygens (including phenoxy) is 1. The summed E-state index contributed by atoms with van der Waals surface area (Å²) in [6.45, 7) is 3.32. The van der Waals surface area contributed by atoms with E-state index in [0.717, 1.165) is 22.2 Å². The van der Waals surface area contributed by atoms with E-state index in [9.17, 15) is 19.2 Å². The number of Topliss-reactive ketones (excluding diaryl/α,β-unsaturated/α-hetero) is 1. The lowest BCUT2D eigenvalue weighted by molar-refractivity contribution is -0.127. The van der Waals surface area contributed by atoms with Gasteiger partial charge < -0.3 is 20.7 Å². The zero-order valence-corrected chi connectivity index (χ0v) is 24.4. The van der Waals surface area contributed by atoms with Gasteiger partial charge in [0.2, 0.25) is 11.8 Å². The Labute approximate surface area is 250 Å². The number of nitrogens with one attached hydrogen (secondary N) is 3. The summed E-state index contributed by atoms with van der Waals surface area (Å²) in [6.07, 6.45) is 2.14. The minimum atomic E-state index is -0.903. The molecule has 0 aliphatic heterocycles. The molecule has 10 nitrogen and oxygen atoms in total. The van der Waals surface area contributed by atoms with Gasteiger partial charge in [-0.1, -0.05) is 56.3 Å². The first-order chi connectivity index (χ1) is 20.7. The second-order valence-electron chi connectivity index (χ2n) is 10.5. The lowest BCUT2D eigenvalue weighted by Gasteiger charge is -2.20. The molecule has 2 aromatic carbocycles. The number of carbonyl (C=O) groups is 4. The summed E-state index contributed by atoms with van der Waals surface area (Å²) in [5, 5.41) is 8.76. The Balaban J connectivity index is 1.30. The van der Waals surface area contributed by atoms with Crippen LogP contribution < -0.4 is 20.7 Å². The third-order valence-electron chi connectivity index (χ3n) is 6.65. The molecule has 10 heteroatoms. The largest absolute Gasteiger partial charge is 0.494 e. The van der Waals surface area contributed by atoms with E-state index in [1.54, 1.807) is 18.3 Å². The molecule has 0 fully saturated rings. The number of benzene rings is 2. The van der Waals surface area contributed by atoms with Gasteiger partial charge in [0.1, 0.15) is 6.04 Å². The van der Waals surface area contributed by atoms with Gasteiger partial charge in [-0.3, -0.25) is 24.2 Å². The van der Waals surface area contributed by atoms with Crippen LogP contribution in [0.2, 0.25) is 0 Å². The smallest absolute Gasteiger partial charge is 0.274 e. The monoisotopic (exact) mass is 581 g/mol. The van der Waals surface area contributed by atoms with Crippen LogP contribution in [0.15, 0.2) is 79.0 Å². The number of hydrogen-bond donors (Lipinski definition) is 3. The van der Waals surface area contributed by atoms with Crippen LogP contribution in [0, 0.1) is 5.92 Å². The topological polar surface area (TPSA) is 139 Å². The first kappa shape index (κ1) is 30.8. The second-order valence-corrected chi connectivity index (χ2v) is 10.5. The lowest BCUT2D eigenvalue weighted by Crippen LogP contribution is -2.49. The number of amides is 3. The first-order valence-electron chi connectivity index (χ1n) is 14.0. The average molecular weight is 582 g/mol. The van der Waals surface area contributed by atoms with E-state index in [0.29, 0.717) is 11.9 Å². The van der Waals surface area contributed by atoms with Crippen molar-refractivity contribution in [2.75, 3.05) is 20.2 Å². The van der Waals surface area contributed by atoms with Gasteiger partial charge >= 0.3 is 0 Å². The number of carbonyl (C=O) groups excluding carboxylic acids is 4. The molecule has 2 aromatic heterocycles. The first-order valence-corrected chi connectivity index (χ1v) is 14.0. The van der Waals surface area contributed by atoms with Gasteiger partial charge in [0.25, 0.3) is 5.91 Å². The van der Waals surface area contributed by atoms with E-state index in [1.165, 1.54) is 7.11 Å². The molecule has 4 aromatic rings. The maximum atomic E-state index is 13.2. The Morgan fingerprint density at radius 1 is 0.884 bits per heavy atom. The predicted molar refractivity (Wildman–Crippen MR) is 163 cm³/mol. The number of methoxy groups -OCH3 is 1. The van der Waals surface area contributed by atoms with Crippen LogP contribution in [-0.4, -0.2) is 59.7 Å². The summed E-state index contributed by atoms with van der Waals surface area (Å²) in [7, 11) is 1.45. The fourth-order valence-corrected chi connectivity index (χ4v) is 4.53. The molecule has 43 heavy (non-hydrogen) atoms. The second kappa shape index (κ2) is 14.7. The highest BCUT2D eigenvalue weighted by Gasteiger charge is 2.25. The van der Waals surface area contributed by atoms with E-state index in [-0.39, 0.29) is 48.6 Å². The number of rotatable bonds is 13. The van der Waals surface area contributed by atoms with Crippen molar-refractivity contribution in [2.45, 2.75) is 32.7 Å². The van der Waals surface area contributed by atoms with Crippen LogP contribution >= 0.6 is 0 Å². The zero-order chi connectivity index (χ0) is 30.8. The molecule has 0 unspecified atom stereocenters. The van der Waals surface area contributed by atoms with Gasteiger partial charge in [0.15, 0.2) is 17.2 Å².